The van der Waals surface area contributed by atoms with Crippen molar-refractivity contribution in [2.24, 2.45) is 0 Å². The number of benzene rings is 2. The van der Waals surface area contributed by atoms with Crippen LogP contribution in [0.5, 0.6) is 5.75 Å². The predicted octanol–water partition coefficient (Wildman–Crippen LogP) is 3.17. The van der Waals surface area contributed by atoms with Crippen molar-refractivity contribution < 1.29 is 22.9 Å². The molecule has 0 aromatic heterocycles. The molecule has 0 spiro atoms. The van der Waals surface area contributed by atoms with Gasteiger partial charge in [0.25, 0.3) is 11.6 Å². The Kier molecular flexibility index (Phi) is 6.84. The third-order valence-electron chi connectivity index (χ3n) is 4.08. The maximum absolute atomic E-state index is 12.8. The zero-order valence-electron chi connectivity index (χ0n) is 17.4. The van der Waals surface area contributed by atoms with E-state index in [1.54, 1.807) is 33.8 Å². The lowest BCUT2D eigenvalue weighted by Gasteiger charge is -2.21. The molecule has 0 aliphatic carbocycles. The lowest BCUT2D eigenvalue weighted by atomic mass is 10.1. The summed E-state index contributed by atoms with van der Waals surface area (Å²) in [6, 6.07) is 9.49. The molecule has 1 unspecified atom stereocenters. The number of non-ortho nitro benzene ring substituents is 1. The van der Waals surface area contributed by atoms with Gasteiger partial charge in [-0.1, -0.05) is 12.1 Å². The Hall–Kier alpha value is -2.98. The highest BCUT2D eigenvalue weighted by Gasteiger charge is 2.26. The first-order valence-electron chi connectivity index (χ1n) is 9.11. The van der Waals surface area contributed by atoms with Crippen molar-refractivity contribution in [3.8, 4) is 5.75 Å². The third-order valence-corrected chi connectivity index (χ3v) is 5.86. The molecule has 0 aliphatic heterocycles. The average molecular weight is 436 g/mol. The Balaban J connectivity index is 2.32. The van der Waals surface area contributed by atoms with Crippen LogP contribution in [0.25, 0.3) is 0 Å². The van der Waals surface area contributed by atoms with Crippen LogP contribution in [-0.2, 0) is 10.0 Å². The van der Waals surface area contributed by atoms with Gasteiger partial charge in [0.15, 0.2) is 0 Å². The summed E-state index contributed by atoms with van der Waals surface area (Å²) in [4.78, 5) is 23.0. The van der Waals surface area contributed by atoms with E-state index in [4.69, 9.17) is 4.74 Å². The van der Waals surface area contributed by atoms with Crippen LogP contribution in [0.4, 0.5) is 5.69 Å². The van der Waals surface area contributed by atoms with Gasteiger partial charge in [0.05, 0.1) is 18.1 Å². The Morgan fingerprint density at radius 1 is 1.17 bits per heavy atom. The molecular formula is C20H25N3O6S. The number of amides is 1. The molecule has 30 heavy (non-hydrogen) atoms. The van der Waals surface area contributed by atoms with Gasteiger partial charge < -0.3 is 10.1 Å². The van der Waals surface area contributed by atoms with Crippen LogP contribution in [-0.4, -0.2) is 31.9 Å². The van der Waals surface area contributed by atoms with Gasteiger partial charge in [-0.15, -0.1) is 0 Å². The van der Waals surface area contributed by atoms with Crippen molar-refractivity contribution in [1.29, 1.82) is 0 Å². The van der Waals surface area contributed by atoms with E-state index in [1.165, 1.54) is 43.5 Å². The van der Waals surface area contributed by atoms with Crippen molar-refractivity contribution >= 4 is 21.6 Å². The Bertz CT molecular complexity index is 1060. The summed E-state index contributed by atoms with van der Waals surface area (Å²) >= 11 is 0. The zero-order valence-corrected chi connectivity index (χ0v) is 18.2. The van der Waals surface area contributed by atoms with Crippen LogP contribution >= 0.6 is 0 Å². The zero-order chi connectivity index (χ0) is 22.7. The van der Waals surface area contributed by atoms with Crippen LogP contribution in [0.3, 0.4) is 0 Å². The molecule has 162 valence electrons. The Labute approximate surface area is 175 Å². The molecule has 2 N–H and O–H groups in total. The SMILES string of the molecule is COc1ccc(C(=O)NC(C)c2cccc([N+](=O)[O-])c2)cc1S(=O)(=O)NC(C)(C)C. The Morgan fingerprint density at radius 3 is 2.40 bits per heavy atom. The number of nitro groups is 1. The molecule has 1 amide bonds. The van der Waals surface area contributed by atoms with Gasteiger partial charge in [-0.3, -0.25) is 14.9 Å². The van der Waals surface area contributed by atoms with Crippen LogP contribution in [0, 0.1) is 10.1 Å². The van der Waals surface area contributed by atoms with Crippen molar-refractivity contribution in [2.75, 3.05) is 7.11 Å². The van der Waals surface area contributed by atoms with E-state index in [0.29, 0.717) is 5.56 Å². The molecule has 0 aliphatic rings. The second kappa shape index (κ2) is 8.80. The summed E-state index contributed by atoms with van der Waals surface area (Å²) in [5.41, 5.74) is -0.145. The minimum Gasteiger partial charge on any atom is -0.495 e. The summed E-state index contributed by atoms with van der Waals surface area (Å²) in [6.07, 6.45) is 0. The first-order chi connectivity index (χ1) is 13.8. The molecule has 0 saturated heterocycles. The molecule has 0 radical (unpaired) electrons. The highest BCUT2D eigenvalue weighted by atomic mass is 32.2. The van der Waals surface area contributed by atoms with E-state index < -0.39 is 32.4 Å². The van der Waals surface area contributed by atoms with E-state index >= 15 is 0 Å². The second-order valence-corrected chi connectivity index (χ2v) is 9.42. The Morgan fingerprint density at radius 2 is 1.83 bits per heavy atom. The highest BCUT2D eigenvalue weighted by Crippen LogP contribution is 2.26. The van der Waals surface area contributed by atoms with Crippen molar-refractivity contribution in [1.82, 2.24) is 10.0 Å². The van der Waals surface area contributed by atoms with E-state index in [0.717, 1.165) is 0 Å². The van der Waals surface area contributed by atoms with Gasteiger partial charge in [-0.2, -0.15) is 0 Å². The van der Waals surface area contributed by atoms with Gasteiger partial charge in [0.1, 0.15) is 10.6 Å². The molecule has 10 heteroatoms. The number of nitrogens with zero attached hydrogens (tertiary/aromatic N) is 1. The predicted molar refractivity (Wildman–Crippen MR) is 112 cm³/mol. The molecule has 0 bridgehead atoms. The number of hydrogen-bond acceptors (Lipinski definition) is 6. The molecule has 0 heterocycles. The minimum atomic E-state index is -3.94. The largest absolute Gasteiger partial charge is 0.495 e. The third kappa shape index (κ3) is 5.77. The van der Waals surface area contributed by atoms with Gasteiger partial charge in [0.2, 0.25) is 10.0 Å². The maximum Gasteiger partial charge on any atom is 0.269 e. The molecule has 2 rings (SSSR count). The lowest BCUT2D eigenvalue weighted by molar-refractivity contribution is -0.384. The van der Waals surface area contributed by atoms with Crippen LogP contribution < -0.4 is 14.8 Å². The number of nitrogens with one attached hydrogen (secondary N) is 2. The molecule has 0 saturated carbocycles. The number of ether oxygens (including phenoxy) is 1. The van der Waals surface area contributed by atoms with Crippen molar-refractivity contribution in [3.63, 3.8) is 0 Å². The standard InChI is InChI=1S/C20H25N3O6S/c1-13(14-7-6-8-16(11-14)23(25)26)21-19(24)15-9-10-17(29-5)18(12-15)30(27,28)22-20(2,3)4/h6-13,22H,1-5H3,(H,21,24). The summed E-state index contributed by atoms with van der Waals surface area (Å²) in [7, 11) is -2.60. The van der Waals surface area contributed by atoms with E-state index in [2.05, 4.69) is 10.0 Å². The van der Waals surface area contributed by atoms with Gasteiger partial charge in [0, 0.05) is 23.2 Å². The van der Waals surface area contributed by atoms with Gasteiger partial charge in [-0.25, -0.2) is 13.1 Å². The molecule has 2 aromatic carbocycles. The number of nitro benzene ring substituents is 1. The normalized spacial score (nSPS) is 12.8. The van der Waals surface area contributed by atoms with Crippen LogP contribution in [0.15, 0.2) is 47.4 Å². The summed E-state index contributed by atoms with van der Waals surface area (Å²) in [6.45, 7) is 6.79. The fraction of sp³-hybridized carbons (Fsp3) is 0.350. The fourth-order valence-electron chi connectivity index (χ4n) is 2.76. The molecule has 9 nitrogen and oxygen atoms in total. The van der Waals surface area contributed by atoms with Gasteiger partial charge >= 0.3 is 0 Å². The molecule has 0 fully saturated rings. The van der Waals surface area contributed by atoms with E-state index in [1.807, 2.05) is 0 Å². The second-order valence-electron chi connectivity index (χ2n) is 7.77. The first kappa shape index (κ1) is 23.3. The number of methoxy groups -OCH3 is 1. The number of carbonyl (C=O) groups excluding carboxylic acids is 1. The molecule has 2 aromatic rings. The maximum atomic E-state index is 12.8. The molecule has 1 atom stereocenters. The summed E-state index contributed by atoms with van der Waals surface area (Å²) in [5.74, 6) is -0.418. The number of rotatable bonds is 7. The monoisotopic (exact) mass is 435 g/mol. The van der Waals surface area contributed by atoms with Gasteiger partial charge in [-0.05, 0) is 51.5 Å². The summed E-state index contributed by atoms with van der Waals surface area (Å²) < 4.78 is 33.2. The van der Waals surface area contributed by atoms with Crippen molar-refractivity contribution in [2.45, 2.75) is 44.2 Å². The number of hydrogen-bond donors (Lipinski definition) is 2. The quantitative estimate of drug-likeness (QED) is 0.508. The van der Waals surface area contributed by atoms with E-state index in [-0.39, 0.29) is 21.9 Å². The van der Waals surface area contributed by atoms with Crippen LogP contribution in [0.1, 0.15) is 49.7 Å². The summed E-state index contributed by atoms with van der Waals surface area (Å²) in [5, 5.41) is 13.7. The first-order valence-corrected chi connectivity index (χ1v) is 10.6. The smallest absolute Gasteiger partial charge is 0.269 e. The highest BCUT2D eigenvalue weighted by molar-refractivity contribution is 7.89. The topological polar surface area (TPSA) is 128 Å². The average Bonchev–Trinajstić information content (AvgIpc) is 2.65. The van der Waals surface area contributed by atoms with Crippen molar-refractivity contribution in [3.05, 3.63) is 63.7 Å². The van der Waals surface area contributed by atoms with E-state index in [9.17, 15) is 23.3 Å². The number of carbonyl (C=O) groups is 1. The lowest BCUT2D eigenvalue weighted by Crippen LogP contribution is -2.40. The fourth-order valence-corrected chi connectivity index (χ4v) is 4.37. The minimum absolute atomic E-state index is 0.0836. The molecular weight excluding hydrogens is 410 g/mol. The number of sulfonamides is 1. The van der Waals surface area contributed by atoms with Crippen LogP contribution in [0.2, 0.25) is 0 Å².